The Balaban J connectivity index is -0.000000425. The predicted octanol–water partition coefficient (Wildman–Crippen LogP) is -17.8. The van der Waals surface area contributed by atoms with E-state index in [0.717, 1.165) is 121 Å². The molecule has 0 saturated heterocycles. The molecule has 0 unspecified atom stereocenters. The minimum Gasteiger partial charge on any atom is -0.545 e. The summed E-state index contributed by atoms with van der Waals surface area (Å²) in [6.07, 6.45) is 0. The molecule has 0 saturated carbocycles. The van der Waals surface area contributed by atoms with Crippen LogP contribution in [0.2, 0.25) is 0 Å². The molecule has 10 aromatic carbocycles. The molecule has 0 fully saturated rings. The first-order valence-electron chi connectivity index (χ1n) is 31.4. The Morgan fingerprint density at radius 3 is 0.152 bits per heavy atom. The van der Waals surface area contributed by atoms with Crippen LogP contribution in [-0.4, -0.2) is 256 Å². The van der Waals surface area contributed by atoms with E-state index in [1.54, 1.807) is 0 Å². The molecule has 0 N–H and O–H groups in total. The monoisotopic (exact) mass is 2680 g/mol. The summed E-state index contributed by atoms with van der Waals surface area (Å²) in [6.45, 7) is 0. The number of benzene rings is 10. The molecular formula is C80H40O40Pb5-10. The second kappa shape index (κ2) is 61.5. The maximum atomic E-state index is 10.3. The number of carbonyl (C=O) groups excluding carboxylic acids is 20. The van der Waals surface area contributed by atoms with E-state index in [4.69, 9.17) is 0 Å². The molecule has 125 heavy (non-hydrogen) atoms. The van der Waals surface area contributed by atoms with Crippen LogP contribution in [0.3, 0.4) is 0 Å². The summed E-state index contributed by atoms with van der Waals surface area (Å²) >= 11 is 0. The van der Waals surface area contributed by atoms with Crippen molar-refractivity contribution in [1.29, 1.82) is 0 Å². The average Bonchev–Trinajstić information content (AvgIpc) is 0.942. The van der Waals surface area contributed by atoms with Crippen molar-refractivity contribution in [2.75, 3.05) is 0 Å². The van der Waals surface area contributed by atoms with Gasteiger partial charge in [0.2, 0.25) is 0 Å². The smallest absolute Gasteiger partial charge is 0.545 e. The molecule has 0 atom stereocenters. The Bertz CT molecular complexity index is 4120. The number of carbonyl (C=O) groups is 20. The Hall–Kier alpha value is -13.8. The molecule has 10 radical (unpaired) electrons. The number of hydrogen-bond donors (Lipinski definition) is 0. The van der Waals surface area contributed by atoms with Crippen LogP contribution in [0, 0.1) is 0 Å². The van der Waals surface area contributed by atoms with Gasteiger partial charge in [-0.3, -0.25) is 0 Å². The molecule has 40 nitrogen and oxygen atoms in total. The van der Waals surface area contributed by atoms with Crippen LogP contribution < -0.4 is 102 Å². The zero-order chi connectivity index (χ0) is 91.4. The van der Waals surface area contributed by atoms with Crippen LogP contribution in [0.1, 0.15) is 207 Å². The number of carboxylic acid groups (broad SMARTS) is 20. The summed E-state index contributed by atoms with van der Waals surface area (Å²) in [5.74, 6) is -30.4. The third-order valence-corrected chi connectivity index (χ3v) is 13.7. The van der Waals surface area contributed by atoms with Crippen molar-refractivity contribution in [3.8, 4) is 0 Å². The molecule has 0 aliphatic rings. The van der Waals surface area contributed by atoms with Gasteiger partial charge in [0.05, 0.1) is 119 Å². The van der Waals surface area contributed by atoms with E-state index in [1.807, 2.05) is 0 Å². The maximum Gasteiger partial charge on any atom is 2.00 e. The van der Waals surface area contributed by atoms with E-state index in [2.05, 4.69) is 0 Å². The fourth-order valence-corrected chi connectivity index (χ4v) is 8.39. The van der Waals surface area contributed by atoms with E-state index < -0.39 is 119 Å². The minimum absolute atomic E-state index is 0. The zero-order valence-electron chi connectivity index (χ0n) is 61.9. The summed E-state index contributed by atoms with van der Waals surface area (Å²) in [6, 6.07) is 51.4. The number of hydrogen-bond acceptors (Lipinski definition) is 40. The van der Waals surface area contributed by atoms with Gasteiger partial charge in [0.1, 0.15) is 0 Å². The van der Waals surface area contributed by atoms with Crippen LogP contribution in [0.4, 0.5) is 0 Å². The predicted molar refractivity (Wildman–Crippen MR) is 380 cm³/mol. The van der Waals surface area contributed by atoms with Crippen LogP contribution in [-0.2, 0) is 0 Å². The van der Waals surface area contributed by atoms with Crippen LogP contribution in [0.5, 0.6) is 0 Å². The van der Waals surface area contributed by atoms with Gasteiger partial charge in [0.25, 0.3) is 0 Å². The topological polar surface area (TPSA) is 803 Å². The van der Waals surface area contributed by atoms with Gasteiger partial charge in [-0.2, -0.15) is 0 Å². The van der Waals surface area contributed by atoms with Crippen LogP contribution in [0.15, 0.2) is 243 Å². The number of aromatic carboxylic acids is 20. The van der Waals surface area contributed by atoms with Gasteiger partial charge in [0.15, 0.2) is 0 Å². The van der Waals surface area contributed by atoms with E-state index >= 15 is 0 Å². The second-order valence-corrected chi connectivity index (χ2v) is 21.2. The zero-order valence-corrected chi connectivity index (χ0v) is 81.4. The first-order valence-corrected chi connectivity index (χ1v) is 31.4. The Morgan fingerprint density at radius 1 is 0.0960 bits per heavy atom. The SMILES string of the molecule is O=C([O-])c1ccccc1C(=O)[O-].O=C([O-])c1ccccc1C(=O)[O-].O=C([O-])c1ccccc1C(=O)[O-].O=C([O-])c1ccccc1C(=O)[O-].O=C([O-])c1ccccc1C(=O)[O-].O=C([O-])c1ccccc1C(=O)[O-].O=C([O-])c1ccccc1C(=O)[O-].O=C([O-])c1ccccc1C(=O)[O-].O=C([O-])c1ccccc1C(=O)[O-].O=C([O-])c1ccccc1C(=O)[O-].[Pb+2].[Pb+2].[Pb+2].[Pb+2].[Pb+2]. The fourth-order valence-electron chi connectivity index (χ4n) is 8.39. The van der Waals surface area contributed by atoms with Crippen molar-refractivity contribution in [2.45, 2.75) is 0 Å². The Kier molecular flexibility index (Phi) is 58.9. The van der Waals surface area contributed by atoms with E-state index in [9.17, 15) is 198 Å². The molecular weight excluding hydrogens is 2640 g/mol. The molecule has 10 rings (SSSR count). The van der Waals surface area contributed by atoms with E-state index in [1.165, 1.54) is 121 Å². The van der Waals surface area contributed by atoms with Gasteiger partial charge in [-0.1, -0.05) is 243 Å². The first kappa shape index (κ1) is 120. The van der Waals surface area contributed by atoms with Gasteiger partial charge in [-0.05, 0) is 0 Å². The third kappa shape index (κ3) is 41.6. The van der Waals surface area contributed by atoms with Gasteiger partial charge >= 0.3 is 136 Å². The van der Waals surface area contributed by atoms with Crippen molar-refractivity contribution in [3.63, 3.8) is 0 Å². The fraction of sp³-hybridized carbons (Fsp3) is 0. The molecule has 45 heteroatoms. The Morgan fingerprint density at radius 2 is 0.128 bits per heavy atom. The number of carboxylic acids is 20. The van der Waals surface area contributed by atoms with E-state index in [-0.39, 0.29) is 248 Å². The maximum absolute atomic E-state index is 10.3. The minimum atomic E-state index is -1.52. The molecule has 0 aliphatic heterocycles. The second-order valence-electron chi connectivity index (χ2n) is 21.2. The molecule has 0 aromatic heterocycles. The summed E-state index contributed by atoms with van der Waals surface area (Å²) < 4.78 is 0. The molecule has 0 spiro atoms. The molecule has 0 aliphatic carbocycles. The summed E-state index contributed by atoms with van der Waals surface area (Å²) in [7, 11) is 0. The van der Waals surface area contributed by atoms with E-state index in [0.29, 0.717) is 0 Å². The standard InChI is InChI=1S/10C8H6O4.5Pb/c10*9-7(10)5-3-1-2-4-6(5)8(11)12;;;;;/h10*1-4H,(H,9,10)(H,11,12);;;;;/q;;;;;;;;;;5*+2/p-20. The van der Waals surface area contributed by atoms with Gasteiger partial charge in [-0.25, -0.2) is 0 Å². The molecule has 630 valence electrons. The largest absolute Gasteiger partial charge is 2.00 e. The molecule has 10 aromatic rings. The van der Waals surface area contributed by atoms with Gasteiger partial charge in [-0.15, -0.1) is 0 Å². The van der Waals surface area contributed by atoms with Crippen molar-refractivity contribution < 1.29 is 198 Å². The average molecular weight is 2680 g/mol. The Labute approximate surface area is 800 Å². The van der Waals surface area contributed by atoms with Gasteiger partial charge < -0.3 is 198 Å². The molecule has 0 amide bonds. The third-order valence-electron chi connectivity index (χ3n) is 13.7. The first-order chi connectivity index (χ1) is 56.3. The summed E-state index contributed by atoms with van der Waals surface area (Å²) in [4.78, 5) is 206. The molecule has 0 bridgehead atoms. The van der Waals surface area contributed by atoms with Crippen molar-refractivity contribution >= 4 is 256 Å². The van der Waals surface area contributed by atoms with Crippen molar-refractivity contribution in [1.82, 2.24) is 0 Å². The summed E-state index contributed by atoms with van der Waals surface area (Å²) in [5, 5.41) is 206. The quantitative estimate of drug-likeness (QED) is 0.0639. The van der Waals surface area contributed by atoms with Gasteiger partial charge in [0, 0.05) is 111 Å². The van der Waals surface area contributed by atoms with Crippen LogP contribution >= 0.6 is 0 Å². The van der Waals surface area contributed by atoms with Crippen LogP contribution in [0.25, 0.3) is 0 Å². The number of rotatable bonds is 20. The van der Waals surface area contributed by atoms with Crippen molar-refractivity contribution in [2.24, 2.45) is 0 Å². The van der Waals surface area contributed by atoms with Crippen molar-refractivity contribution in [3.05, 3.63) is 354 Å². The molecule has 0 heterocycles. The summed E-state index contributed by atoms with van der Waals surface area (Å²) in [5.41, 5.74) is -7.27. The normalized spacial score (nSPS) is 8.96.